The molecule has 3 rings (SSSR count). The van der Waals surface area contributed by atoms with Gasteiger partial charge in [-0.05, 0) is 43.5 Å². The van der Waals surface area contributed by atoms with Gasteiger partial charge in [0.1, 0.15) is 13.2 Å². The third-order valence-electron chi connectivity index (χ3n) is 4.56. The number of hydrogen-bond acceptors (Lipinski definition) is 5. The summed E-state index contributed by atoms with van der Waals surface area (Å²) in [4.78, 5) is 2.37. The van der Waals surface area contributed by atoms with Crippen molar-refractivity contribution in [3.8, 4) is 23.6 Å². The van der Waals surface area contributed by atoms with Gasteiger partial charge in [0.25, 0.3) is 0 Å². The van der Waals surface area contributed by atoms with Crippen molar-refractivity contribution in [1.29, 1.82) is 10.5 Å². The van der Waals surface area contributed by atoms with E-state index in [0.29, 0.717) is 32.1 Å². The maximum absolute atomic E-state index is 9.31. The first kappa shape index (κ1) is 15.6. The lowest BCUT2D eigenvalue weighted by Crippen LogP contribution is -2.29. The normalized spacial score (nSPS) is 21.4. The van der Waals surface area contributed by atoms with E-state index in [2.05, 4.69) is 29.2 Å². The van der Waals surface area contributed by atoms with Gasteiger partial charge in [-0.25, -0.2) is 0 Å². The molecule has 0 N–H and O–H groups in total. The van der Waals surface area contributed by atoms with Crippen LogP contribution in [0.15, 0.2) is 18.2 Å². The molecular weight excluding hydrogens is 290 g/mol. The summed E-state index contributed by atoms with van der Waals surface area (Å²) in [7, 11) is 0. The van der Waals surface area contributed by atoms with E-state index in [1.165, 1.54) is 5.56 Å². The number of rotatable bonds is 5. The fourth-order valence-electron chi connectivity index (χ4n) is 3.41. The number of benzene rings is 1. The third kappa shape index (κ3) is 3.57. The molecule has 2 atom stereocenters. The van der Waals surface area contributed by atoms with Crippen LogP contribution >= 0.6 is 0 Å². The van der Waals surface area contributed by atoms with E-state index in [9.17, 15) is 5.26 Å². The highest BCUT2D eigenvalue weighted by atomic mass is 16.6. The second kappa shape index (κ2) is 7.35. The Balaban J connectivity index is 1.71. The fraction of sp³-hybridized carbons (Fsp3) is 0.556. The van der Waals surface area contributed by atoms with Crippen molar-refractivity contribution in [2.45, 2.75) is 31.7 Å². The summed E-state index contributed by atoms with van der Waals surface area (Å²) in [6.07, 6.45) is 3.32. The Labute approximate surface area is 137 Å². The first-order valence-corrected chi connectivity index (χ1v) is 8.22. The lowest BCUT2D eigenvalue weighted by atomic mass is 10.0. The van der Waals surface area contributed by atoms with E-state index in [1.807, 2.05) is 6.07 Å². The van der Waals surface area contributed by atoms with Gasteiger partial charge in [-0.15, -0.1) is 0 Å². The van der Waals surface area contributed by atoms with Crippen molar-refractivity contribution in [1.82, 2.24) is 4.90 Å². The van der Waals surface area contributed by atoms with Crippen LogP contribution in [0.4, 0.5) is 0 Å². The minimum absolute atomic E-state index is 0.0764. The van der Waals surface area contributed by atoms with Crippen LogP contribution in [0, 0.1) is 28.6 Å². The van der Waals surface area contributed by atoms with Crippen molar-refractivity contribution in [2.24, 2.45) is 5.92 Å². The van der Waals surface area contributed by atoms with Crippen molar-refractivity contribution in [3.63, 3.8) is 0 Å². The fourth-order valence-corrected chi connectivity index (χ4v) is 3.41. The van der Waals surface area contributed by atoms with Crippen LogP contribution in [0.25, 0.3) is 0 Å². The summed E-state index contributed by atoms with van der Waals surface area (Å²) in [6.45, 7) is 2.93. The Bertz CT molecular complexity index is 632. The first-order valence-electron chi connectivity index (χ1n) is 8.22. The van der Waals surface area contributed by atoms with Gasteiger partial charge in [-0.1, -0.05) is 6.07 Å². The van der Waals surface area contributed by atoms with Gasteiger partial charge in [0, 0.05) is 19.0 Å². The van der Waals surface area contributed by atoms with Crippen molar-refractivity contribution >= 4 is 0 Å². The Hall–Kier alpha value is -2.24. The van der Waals surface area contributed by atoms with Gasteiger partial charge in [0.05, 0.1) is 18.1 Å². The van der Waals surface area contributed by atoms with Crippen molar-refractivity contribution < 1.29 is 9.47 Å². The molecule has 5 heteroatoms. The topological polar surface area (TPSA) is 69.3 Å². The lowest BCUT2D eigenvalue weighted by molar-refractivity contribution is 0.170. The molecule has 2 aliphatic heterocycles. The molecule has 0 amide bonds. The van der Waals surface area contributed by atoms with Gasteiger partial charge in [0.15, 0.2) is 11.5 Å². The molecule has 0 spiro atoms. The molecule has 1 aromatic rings. The van der Waals surface area contributed by atoms with Crippen LogP contribution in [-0.2, 0) is 0 Å². The molecule has 120 valence electrons. The van der Waals surface area contributed by atoms with Crippen LogP contribution in [-0.4, -0.2) is 31.2 Å². The highest BCUT2D eigenvalue weighted by Gasteiger charge is 2.29. The molecule has 0 saturated carbocycles. The quantitative estimate of drug-likeness (QED) is 0.836. The van der Waals surface area contributed by atoms with Gasteiger partial charge in [0.2, 0.25) is 0 Å². The monoisotopic (exact) mass is 311 g/mol. The largest absolute Gasteiger partial charge is 0.486 e. The molecule has 0 radical (unpaired) electrons. The average Bonchev–Trinajstić information content (AvgIpc) is 3.06. The number of fused-ring (bicyclic) bond motifs is 1. The molecule has 0 aliphatic carbocycles. The highest BCUT2D eigenvalue weighted by molar-refractivity contribution is 5.44. The number of likely N-dealkylation sites (tertiary alicyclic amines) is 1. The standard InChI is InChI=1S/C18H21N3O2/c19-7-1-3-14(12-20)13-21-8-2-4-16(21)15-5-6-17-18(11-15)23-10-9-22-17/h5-6,11,14,16H,1-4,8-10,13H2/t14-,16+/m1/s1. The molecule has 0 unspecified atom stereocenters. The number of ether oxygens (including phenoxy) is 2. The average molecular weight is 311 g/mol. The molecule has 0 aromatic heterocycles. The molecule has 1 saturated heterocycles. The Kier molecular flexibility index (Phi) is 5.00. The van der Waals surface area contributed by atoms with E-state index in [0.717, 1.165) is 37.4 Å². The molecule has 1 aromatic carbocycles. The van der Waals surface area contributed by atoms with Gasteiger partial charge in [-0.3, -0.25) is 4.90 Å². The summed E-state index contributed by atoms with van der Waals surface area (Å²) in [6, 6.07) is 11.0. The van der Waals surface area contributed by atoms with Crippen LogP contribution in [0.1, 0.15) is 37.3 Å². The molecular formula is C18H21N3O2. The highest BCUT2D eigenvalue weighted by Crippen LogP contribution is 2.38. The van der Waals surface area contributed by atoms with Crippen LogP contribution in [0.3, 0.4) is 0 Å². The third-order valence-corrected chi connectivity index (χ3v) is 4.56. The summed E-state index contributed by atoms with van der Waals surface area (Å²) < 4.78 is 11.3. The molecule has 2 aliphatic rings. The van der Waals surface area contributed by atoms with E-state index >= 15 is 0 Å². The lowest BCUT2D eigenvalue weighted by Gasteiger charge is -2.27. The zero-order valence-corrected chi connectivity index (χ0v) is 13.2. The van der Waals surface area contributed by atoms with Gasteiger partial charge in [-0.2, -0.15) is 10.5 Å². The number of nitrogens with zero attached hydrogens (tertiary/aromatic N) is 3. The van der Waals surface area contributed by atoms with Crippen molar-refractivity contribution in [3.05, 3.63) is 23.8 Å². The molecule has 2 heterocycles. The summed E-state index contributed by atoms with van der Waals surface area (Å²) in [5.74, 6) is 1.56. The molecule has 5 nitrogen and oxygen atoms in total. The predicted molar refractivity (Wildman–Crippen MR) is 84.9 cm³/mol. The number of hydrogen-bond donors (Lipinski definition) is 0. The maximum atomic E-state index is 9.31. The second-order valence-electron chi connectivity index (χ2n) is 6.08. The Morgan fingerprint density at radius 1 is 1.22 bits per heavy atom. The van der Waals surface area contributed by atoms with E-state index in [-0.39, 0.29) is 5.92 Å². The zero-order valence-electron chi connectivity index (χ0n) is 13.2. The molecule has 1 fully saturated rings. The second-order valence-corrected chi connectivity index (χ2v) is 6.08. The zero-order chi connectivity index (χ0) is 16.1. The smallest absolute Gasteiger partial charge is 0.161 e. The minimum atomic E-state index is -0.0764. The SMILES string of the molecule is N#CCC[C@H](C#N)CN1CCC[C@H]1c1ccc2c(c1)OCCO2. The summed E-state index contributed by atoms with van der Waals surface area (Å²) in [5, 5.41) is 18.0. The summed E-state index contributed by atoms with van der Waals surface area (Å²) >= 11 is 0. The van der Waals surface area contributed by atoms with E-state index < -0.39 is 0 Å². The van der Waals surface area contributed by atoms with Crippen LogP contribution in [0.5, 0.6) is 11.5 Å². The van der Waals surface area contributed by atoms with E-state index in [1.54, 1.807) is 0 Å². The van der Waals surface area contributed by atoms with Gasteiger partial charge < -0.3 is 9.47 Å². The van der Waals surface area contributed by atoms with Crippen LogP contribution < -0.4 is 9.47 Å². The Morgan fingerprint density at radius 2 is 2.04 bits per heavy atom. The molecule has 23 heavy (non-hydrogen) atoms. The maximum Gasteiger partial charge on any atom is 0.161 e. The minimum Gasteiger partial charge on any atom is -0.486 e. The van der Waals surface area contributed by atoms with E-state index in [4.69, 9.17) is 14.7 Å². The first-order chi connectivity index (χ1) is 11.3. The summed E-state index contributed by atoms with van der Waals surface area (Å²) in [5.41, 5.74) is 1.23. The van der Waals surface area contributed by atoms with Crippen molar-refractivity contribution in [2.75, 3.05) is 26.3 Å². The van der Waals surface area contributed by atoms with Crippen LogP contribution in [0.2, 0.25) is 0 Å². The molecule has 0 bridgehead atoms. The number of nitriles is 2. The Morgan fingerprint density at radius 3 is 2.83 bits per heavy atom. The van der Waals surface area contributed by atoms with Gasteiger partial charge >= 0.3 is 0 Å². The predicted octanol–water partition coefficient (Wildman–Crippen LogP) is 3.04.